The number of aromatic nitrogens is 1. The van der Waals surface area contributed by atoms with Gasteiger partial charge < -0.3 is 70.2 Å². The number of hydrogen-bond acceptors (Lipinski definition) is 22. The van der Waals surface area contributed by atoms with E-state index in [2.05, 4.69) is 26.3 Å². The number of esters is 2. The standard InChI is InChI=1S/C81H107F2N8O20PS/c1-50(56-24-27-60(28-25-56)81(82,83)112(102,110-48-108-76(100)79(7,8)9)111-49-109-77(101)80(10,11)12)40-67(94)87-63-29-26-57-14-13-15-59-41-65(91(69(57)59)74(63)98)73(97)88-62(30-31-66(84)93)52(3)107-45-55-18-16-53(17-19-55)32-33-103-34-35-104-36-37-105-38-39-106-46-68(95)89-71(78(4,5)6)75(99)90-44-61(92)42-64(90)72(96)85-43-54-20-22-58(23-21-54)70-51(2)86-47-113-70/h13-25,27-28,40,47,52,61-65,71,92H,26,29-39,41-46,48-49H2,1-12H3,(H2,84,93)(H,85,96)(H,87,94)(H,88,97)(H,89,95)/b50-40+/t52-,61-,62+,63+,64+,65+,71-/m1/s1. The highest BCUT2D eigenvalue weighted by Gasteiger charge is 2.56. The molecule has 0 saturated carbocycles. The average molecular weight is 1610 g/mol. The number of ether oxygens (including phenoxy) is 7. The lowest BCUT2D eigenvalue weighted by atomic mass is 9.85. The Kier molecular flexibility index (Phi) is 32.2. The number of likely N-dealkylation sites (tertiary alicyclic amines) is 1. The molecule has 1 fully saturated rings. The molecule has 616 valence electrons. The molecule has 0 spiro atoms. The van der Waals surface area contributed by atoms with Crippen molar-refractivity contribution in [2.45, 2.75) is 189 Å². The molecular formula is C81H107F2N8O20PS. The molecule has 7 atom stereocenters. The highest BCUT2D eigenvalue weighted by atomic mass is 32.1. The largest absolute Gasteiger partial charge is 0.438 e. The zero-order valence-electron chi connectivity index (χ0n) is 66.2. The number of aliphatic hydroxyl groups is 1. The number of carbonyl (C=O) groups excluding carboxylic acids is 9. The van der Waals surface area contributed by atoms with Gasteiger partial charge in [-0.05, 0) is 138 Å². The Morgan fingerprint density at radius 3 is 1.91 bits per heavy atom. The second kappa shape index (κ2) is 40.5. The summed E-state index contributed by atoms with van der Waals surface area (Å²) in [5.41, 5.74) is 6.67. The zero-order valence-corrected chi connectivity index (χ0v) is 67.9. The summed E-state index contributed by atoms with van der Waals surface area (Å²) < 4.78 is 95.3. The number of β-amino-alcohol motifs (C(OH)–C–C–N with tert-alkyl or cyclic N) is 1. The summed E-state index contributed by atoms with van der Waals surface area (Å²) in [5, 5.41) is 22.1. The number of halogens is 2. The molecular weight excluding hydrogens is 1510 g/mol. The van der Waals surface area contributed by atoms with Gasteiger partial charge >= 0.3 is 25.2 Å². The maximum absolute atomic E-state index is 16.3. The second-order valence-corrected chi connectivity index (χ2v) is 34.2. The number of amides is 7. The summed E-state index contributed by atoms with van der Waals surface area (Å²) in [6, 6.07) is 20.6. The van der Waals surface area contributed by atoms with Gasteiger partial charge in [-0.2, -0.15) is 8.78 Å². The Balaban J connectivity index is 0.731. The Labute approximate surface area is 662 Å². The maximum atomic E-state index is 16.3. The van der Waals surface area contributed by atoms with Crippen molar-refractivity contribution < 1.29 is 104 Å². The summed E-state index contributed by atoms with van der Waals surface area (Å²) in [6.45, 7) is 19.3. The number of alkyl halides is 2. The number of nitrogens with one attached hydrogen (secondary N) is 4. The molecule has 4 aromatic carbocycles. The van der Waals surface area contributed by atoms with Crippen LogP contribution in [0.15, 0.2) is 103 Å². The number of aliphatic hydroxyl groups excluding tert-OH is 1. The first kappa shape index (κ1) is 89.8. The van der Waals surface area contributed by atoms with E-state index in [1.165, 1.54) is 76.5 Å². The van der Waals surface area contributed by atoms with Crippen LogP contribution in [-0.2, 0) is 128 Å². The minimum absolute atomic E-state index is 0.0518. The first-order valence-electron chi connectivity index (χ1n) is 37.6. The van der Waals surface area contributed by atoms with Gasteiger partial charge in [-0.3, -0.25) is 61.7 Å². The number of anilines is 1. The van der Waals surface area contributed by atoms with Gasteiger partial charge in [0.25, 0.3) is 0 Å². The molecule has 0 radical (unpaired) electrons. The minimum atomic E-state index is -5.62. The molecule has 8 rings (SSSR count). The van der Waals surface area contributed by atoms with Crippen LogP contribution in [0.25, 0.3) is 16.0 Å². The van der Waals surface area contributed by atoms with E-state index in [-0.39, 0.29) is 89.4 Å². The molecule has 28 nitrogen and oxygen atoms in total. The van der Waals surface area contributed by atoms with Crippen LogP contribution in [0.5, 0.6) is 0 Å². The summed E-state index contributed by atoms with van der Waals surface area (Å²) >= 11 is 1.55. The van der Waals surface area contributed by atoms with Gasteiger partial charge in [0.2, 0.25) is 54.9 Å². The molecule has 3 aliphatic heterocycles. The normalized spacial score (nSPS) is 17.5. The smallest absolute Gasteiger partial charge is 0.410 e. The third-order valence-corrected chi connectivity index (χ3v) is 22.0. The number of thiazole rings is 1. The fraction of sp³-hybridized carbons (Fsp3) is 0.531. The number of carbonyl (C=O) groups is 9. The molecule has 1 saturated heterocycles. The molecule has 4 heterocycles. The Morgan fingerprint density at radius 2 is 1.33 bits per heavy atom. The number of primary amides is 1. The number of benzene rings is 4. The SMILES string of the molecule is C/C(=C\C(=O)N[C@H]1CCc2cccc3c2N(C1=O)[C@H](C(=O)N[C@@H](CCC(N)=O)[C@@H](C)OCc1ccc(CCOCCOCCOCCOCC(=O)N[C@H](C(=O)N2C[C@H](O)C[C@H]2C(=O)NCc2ccc(-c4scnc4C)cc2)C(C)(C)C)cc1)C3)c1ccc(C(F)(F)P(=O)(OCOC(=O)C(C)(C)C)OCOC(=O)C(C)(C)C)cc1. The lowest BCUT2D eigenvalue weighted by Gasteiger charge is -2.35. The van der Waals surface area contributed by atoms with Crippen LogP contribution in [0.1, 0.15) is 146 Å². The maximum Gasteiger partial charge on any atom is 0.410 e. The van der Waals surface area contributed by atoms with E-state index in [1.54, 1.807) is 44.5 Å². The first-order valence-corrected chi connectivity index (χ1v) is 40.1. The van der Waals surface area contributed by atoms with Crippen LogP contribution in [0.4, 0.5) is 14.5 Å². The molecule has 3 aliphatic rings. The summed E-state index contributed by atoms with van der Waals surface area (Å²) in [7, 11) is -5.62. The van der Waals surface area contributed by atoms with Crippen molar-refractivity contribution in [2.24, 2.45) is 22.0 Å². The minimum Gasteiger partial charge on any atom is -0.438 e. The fourth-order valence-corrected chi connectivity index (χ4v) is 14.7. The molecule has 0 unspecified atom stereocenters. The van der Waals surface area contributed by atoms with Gasteiger partial charge in [-0.1, -0.05) is 112 Å². The van der Waals surface area contributed by atoms with E-state index in [0.29, 0.717) is 45.0 Å². The van der Waals surface area contributed by atoms with Crippen LogP contribution in [-0.4, -0.2) is 184 Å². The van der Waals surface area contributed by atoms with Gasteiger partial charge in [0.1, 0.15) is 30.8 Å². The number of nitrogens with two attached hydrogens (primary N) is 1. The third kappa shape index (κ3) is 25.4. The van der Waals surface area contributed by atoms with Gasteiger partial charge in [-0.15, -0.1) is 11.3 Å². The highest BCUT2D eigenvalue weighted by Crippen LogP contribution is 2.67. The average Bonchev–Trinajstić information content (AvgIpc) is 1.61. The molecule has 113 heavy (non-hydrogen) atoms. The highest BCUT2D eigenvalue weighted by molar-refractivity contribution is 7.54. The lowest BCUT2D eigenvalue weighted by molar-refractivity contribution is -0.163. The van der Waals surface area contributed by atoms with Crippen LogP contribution in [0.2, 0.25) is 0 Å². The summed E-state index contributed by atoms with van der Waals surface area (Å²) in [5.74, 6) is -5.43. The fourth-order valence-electron chi connectivity index (χ4n) is 12.6. The van der Waals surface area contributed by atoms with Crippen molar-refractivity contribution >= 4 is 83.5 Å². The van der Waals surface area contributed by atoms with Crippen LogP contribution in [0.3, 0.4) is 0 Å². The van der Waals surface area contributed by atoms with E-state index in [0.717, 1.165) is 56.1 Å². The topological polar surface area (TPSA) is 368 Å². The number of hydrogen-bond donors (Lipinski definition) is 6. The Hall–Kier alpha value is -8.75. The second-order valence-electron chi connectivity index (χ2n) is 31.3. The predicted molar refractivity (Wildman–Crippen MR) is 416 cm³/mol. The molecule has 0 bridgehead atoms. The quantitative estimate of drug-likeness (QED) is 0.00700. The van der Waals surface area contributed by atoms with E-state index < -0.39 is 144 Å². The van der Waals surface area contributed by atoms with Crippen molar-refractivity contribution in [3.63, 3.8) is 0 Å². The van der Waals surface area contributed by atoms with Crippen molar-refractivity contribution in [3.8, 4) is 10.4 Å². The van der Waals surface area contributed by atoms with E-state index in [4.69, 9.17) is 47.9 Å². The number of allylic oxidation sites excluding steroid dienone is 1. The number of aryl methyl sites for hydroxylation is 2. The van der Waals surface area contributed by atoms with Crippen molar-refractivity contribution in [2.75, 3.05) is 77.9 Å². The summed E-state index contributed by atoms with van der Waals surface area (Å²) in [4.78, 5) is 129. The summed E-state index contributed by atoms with van der Waals surface area (Å²) in [6.07, 6.45) is 1.07. The first-order chi connectivity index (χ1) is 53.3. The monoisotopic (exact) mass is 1610 g/mol. The molecule has 32 heteroatoms. The zero-order chi connectivity index (χ0) is 82.6. The Morgan fingerprint density at radius 1 is 0.743 bits per heavy atom. The number of nitrogens with zero attached hydrogens (tertiary/aromatic N) is 3. The van der Waals surface area contributed by atoms with E-state index in [1.807, 2.05) is 73.7 Å². The van der Waals surface area contributed by atoms with Crippen LogP contribution in [0, 0.1) is 23.2 Å². The van der Waals surface area contributed by atoms with Gasteiger partial charge in [-0.25, -0.2) is 4.98 Å². The van der Waals surface area contributed by atoms with Gasteiger partial charge in [0.15, 0.2) is 0 Å². The van der Waals surface area contributed by atoms with Crippen molar-refractivity contribution in [1.29, 1.82) is 0 Å². The predicted octanol–water partition coefficient (Wildman–Crippen LogP) is 9.05. The van der Waals surface area contributed by atoms with Crippen LogP contribution < -0.4 is 31.9 Å². The molecule has 7 N–H and O–H groups in total. The van der Waals surface area contributed by atoms with Crippen molar-refractivity contribution in [1.82, 2.24) is 31.2 Å². The van der Waals surface area contributed by atoms with Gasteiger partial charge in [0, 0.05) is 44.0 Å². The lowest BCUT2D eigenvalue weighted by Crippen LogP contribution is -2.58. The van der Waals surface area contributed by atoms with Crippen LogP contribution >= 0.6 is 18.9 Å². The third-order valence-electron chi connectivity index (χ3n) is 19.2. The number of rotatable bonds is 40. The Bertz CT molecular complexity index is 4160. The molecule has 5 aromatic rings. The van der Waals surface area contributed by atoms with E-state index in [9.17, 15) is 52.8 Å². The van der Waals surface area contributed by atoms with Gasteiger partial charge in [0.05, 0.1) is 104 Å². The van der Waals surface area contributed by atoms with E-state index >= 15 is 8.78 Å². The molecule has 7 amide bonds. The molecule has 0 aliphatic carbocycles. The molecule has 1 aromatic heterocycles. The van der Waals surface area contributed by atoms with Crippen molar-refractivity contribution in [3.05, 3.63) is 147 Å². The number of para-hydroxylation sites is 1.